The molecule has 27 heavy (non-hydrogen) atoms. The molecular formula is C22H27ClN2O2. The summed E-state index contributed by atoms with van der Waals surface area (Å²) in [5.74, 6) is -0.202. The van der Waals surface area contributed by atoms with Gasteiger partial charge in [-0.15, -0.1) is 0 Å². The van der Waals surface area contributed by atoms with Gasteiger partial charge >= 0.3 is 0 Å². The standard InChI is InChI=1S/C22H27ClN2O2/c1-4-20(22(27)24-5-2)25(15-18-11-7-6-9-16(18)3)21(26)14-17-10-8-12-19(23)13-17/h6-13,20H,4-5,14-15H2,1-3H3,(H,24,27). The van der Waals surface area contributed by atoms with Crippen molar-refractivity contribution in [2.45, 2.75) is 46.2 Å². The van der Waals surface area contributed by atoms with E-state index in [9.17, 15) is 9.59 Å². The third-order valence-electron chi connectivity index (χ3n) is 4.58. The monoisotopic (exact) mass is 386 g/mol. The summed E-state index contributed by atoms with van der Waals surface area (Å²) in [5, 5.41) is 3.45. The molecule has 0 saturated carbocycles. The van der Waals surface area contributed by atoms with Crippen LogP contribution in [0.25, 0.3) is 0 Å². The maximum atomic E-state index is 13.2. The molecule has 0 spiro atoms. The van der Waals surface area contributed by atoms with Crippen molar-refractivity contribution in [2.24, 2.45) is 0 Å². The Morgan fingerprint density at radius 1 is 1.11 bits per heavy atom. The van der Waals surface area contributed by atoms with Gasteiger partial charge in [0.15, 0.2) is 0 Å². The predicted octanol–water partition coefficient (Wildman–Crippen LogP) is 4.13. The molecule has 2 rings (SSSR count). The largest absolute Gasteiger partial charge is 0.355 e. The van der Waals surface area contributed by atoms with Crippen LogP contribution in [0, 0.1) is 6.92 Å². The molecule has 0 radical (unpaired) electrons. The lowest BCUT2D eigenvalue weighted by Crippen LogP contribution is -2.49. The van der Waals surface area contributed by atoms with Gasteiger partial charge in [-0.3, -0.25) is 9.59 Å². The van der Waals surface area contributed by atoms with E-state index in [0.29, 0.717) is 24.5 Å². The van der Waals surface area contributed by atoms with E-state index in [4.69, 9.17) is 11.6 Å². The summed E-state index contributed by atoms with van der Waals surface area (Å²) in [6.07, 6.45) is 0.765. The highest BCUT2D eigenvalue weighted by Crippen LogP contribution is 2.18. The van der Waals surface area contributed by atoms with Gasteiger partial charge in [-0.2, -0.15) is 0 Å². The minimum absolute atomic E-state index is 0.0846. The van der Waals surface area contributed by atoms with Crippen LogP contribution >= 0.6 is 11.6 Å². The Morgan fingerprint density at radius 2 is 1.85 bits per heavy atom. The first-order chi connectivity index (χ1) is 13.0. The Labute approximate surface area is 166 Å². The van der Waals surface area contributed by atoms with Gasteiger partial charge in [0, 0.05) is 18.1 Å². The SMILES string of the molecule is CCNC(=O)C(CC)N(Cc1ccccc1C)C(=O)Cc1cccc(Cl)c1. The van der Waals surface area contributed by atoms with Gasteiger partial charge in [0.2, 0.25) is 11.8 Å². The molecule has 0 heterocycles. The number of likely N-dealkylation sites (N-methyl/N-ethyl adjacent to an activating group) is 1. The van der Waals surface area contributed by atoms with E-state index in [2.05, 4.69) is 5.32 Å². The van der Waals surface area contributed by atoms with Crippen molar-refractivity contribution in [1.29, 1.82) is 0 Å². The van der Waals surface area contributed by atoms with Crippen LogP contribution in [-0.4, -0.2) is 29.3 Å². The number of halogens is 1. The van der Waals surface area contributed by atoms with Gasteiger partial charge in [-0.25, -0.2) is 0 Å². The number of amides is 2. The van der Waals surface area contributed by atoms with Crippen molar-refractivity contribution in [2.75, 3.05) is 6.54 Å². The van der Waals surface area contributed by atoms with E-state index in [0.717, 1.165) is 16.7 Å². The lowest BCUT2D eigenvalue weighted by Gasteiger charge is -2.31. The minimum atomic E-state index is -0.503. The molecule has 2 aromatic carbocycles. The predicted molar refractivity (Wildman–Crippen MR) is 110 cm³/mol. The Hall–Kier alpha value is -2.33. The number of benzene rings is 2. The quantitative estimate of drug-likeness (QED) is 0.741. The zero-order chi connectivity index (χ0) is 19.8. The van der Waals surface area contributed by atoms with Crippen LogP contribution in [0.5, 0.6) is 0 Å². The highest BCUT2D eigenvalue weighted by molar-refractivity contribution is 6.30. The molecule has 2 amide bonds. The second kappa shape index (κ2) is 10.1. The lowest BCUT2D eigenvalue weighted by atomic mass is 10.0. The van der Waals surface area contributed by atoms with E-state index in [1.165, 1.54) is 0 Å². The third-order valence-corrected chi connectivity index (χ3v) is 4.82. The third kappa shape index (κ3) is 5.83. The second-order valence-electron chi connectivity index (χ2n) is 6.57. The summed E-state index contributed by atoms with van der Waals surface area (Å²) in [5.41, 5.74) is 2.98. The molecule has 0 aliphatic heterocycles. The summed E-state index contributed by atoms with van der Waals surface area (Å²) in [6.45, 7) is 6.77. The second-order valence-corrected chi connectivity index (χ2v) is 7.01. The lowest BCUT2D eigenvalue weighted by molar-refractivity contribution is -0.140. The Morgan fingerprint density at radius 3 is 2.48 bits per heavy atom. The summed E-state index contributed by atoms with van der Waals surface area (Å²) in [6, 6.07) is 14.7. The molecule has 0 aliphatic rings. The highest BCUT2D eigenvalue weighted by atomic mass is 35.5. The summed E-state index contributed by atoms with van der Waals surface area (Å²) >= 11 is 6.05. The fourth-order valence-corrected chi connectivity index (χ4v) is 3.32. The number of nitrogens with one attached hydrogen (secondary N) is 1. The van der Waals surface area contributed by atoms with Crippen LogP contribution in [0.1, 0.15) is 37.0 Å². The molecule has 0 aliphatic carbocycles. The van der Waals surface area contributed by atoms with E-state index in [-0.39, 0.29) is 18.2 Å². The van der Waals surface area contributed by atoms with Crippen molar-refractivity contribution in [3.05, 3.63) is 70.2 Å². The average Bonchev–Trinajstić information content (AvgIpc) is 2.63. The van der Waals surface area contributed by atoms with Crippen molar-refractivity contribution in [3.63, 3.8) is 0 Å². The molecule has 0 saturated heterocycles. The van der Waals surface area contributed by atoms with Gasteiger partial charge in [0.25, 0.3) is 0 Å². The number of hydrogen-bond acceptors (Lipinski definition) is 2. The van der Waals surface area contributed by atoms with E-state index in [1.807, 2.05) is 57.2 Å². The minimum Gasteiger partial charge on any atom is -0.355 e. The van der Waals surface area contributed by atoms with Crippen molar-refractivity contribution in [1.82, 2.24) is 10.2 Å². The number of hydrogen-bond donors (Lipinski definition) is 1. The smallest absolute Gasteiger partial charge is 0.242 e. The molecule has 0 bridgehead atoms. The van der Waals surface area contributed by atoms with Gasteiger partial charge < -0.3 is 10.2 Å². The maximum absolute atomic E-state index is 13.2. The first kappa shape index (κ1) is 21.0. The van der Waals surface area contributed by atoms with Gasteiger partial charge in [0.1, 0.15) is 6.04 Å². The molecule has 0 aromatic heterocycles. The molecule has 144 valence electrons. The zero-order valence-electron chi connectivity index (χ0n) is 16.2. The van der Waals surface area contributed by atoms with Crippen LogP contribution in [0.2, 0.25) is 5.02 Å². The van der Waals surface area contributed by atoms with Gasteiger partial charge in [-0.1, -0.05) is 54.9 Å². The summed E-state index contributed by atoms with van der Waals surface area (Å²) in [7, 11) is 0. The van der Waals surface area contributed by atoms with Crippen LogP contribution in [0.4, 0.5) is 0 Å². The molecule has 5 heteroatoms. The summed E-state index contributed by atoms with van der Waals surface area (Å²) in [4.78, 5) is 27.4. The van der Waals surface area contributed by atoms with E-state index >= 15 is 0 Å². The number of rotatable bonds is 8. The fraction of sp³-hybridized carbons (Fsp3) is 0.364. The molecule has 0 fully saturated rings. The van der Waals surface area contributed by atoms with Crippen LogP contribution in [-0.2, 0) is 22.6 Å². The molecule has 1 N–H and O–H groups in total. The highest BCUT2D eigenvalue weighted by Gasteiger charge is 2.28. The number of aryl methyl sites for hydroxylation is 1. The molecular weight excluding hydrogens is 360 g/mol. The van der Waals surface area contributed by atoms with Gasteiger partial charge in [0.05, 0.1) is 6.42 Å². The normalized spacial score (nSPS) is 11.7. The molecule has 1 unspecified atom stereocenters. The Kier molecular flexibility index (Phi) is 7.86. The fourth-order valence-electron chi connectivity index (χ4n) is 3.11. The van der Waals surface area contributed by atoms with Crippen LogP contribution in [0.15, 0.2) is 48.5 Å². The Balaban J connectivity index is 2.31. The molecule has 1 atom stereocenters. The number of nitrogens with zero attached hydrogens (tertiary/aromatic N) is 1. The molecule has 4 nitrogen and oxygen atoms in total. The van der Waals surface area contributed by atoms with Crippen LogP contribution < -0.4 is 5.32 Å². The number of carbonyl (C=O) groups excluding carboxylic acids is 2. The molecule has 2 aromatic rings. The number of carbonyl (C=O) groups is 2. The van der Waals surface area contributed by atoms with Gasteiger partial charge in [-0.05, 0) is 49.1 Å². The zero-order valence-corrected chi connectivity index (χ0v) is 16.9. The first-order valence-electron chi connectivity index (χ1n) is 9.32. The summed E-state index contributed by atoms with van der Waals surface area (Å²) < 4.78 is 0. The average molecular weight is 387 g/mol. The van der Waals surface area contributed by atoms with Crippen molar-refractivity contribution in [3.8, 4) is 0 Å². The van der Waals surface area contributed by atoms with E-state index < -0.39 is 6.04 Å². The first-order valence-corrected chi connectivity index (χ1v) is 9.70. The maximum Gasteiger partial charge on any atom is 0.242 e. The topological polar surface area (TPSA) is 49.4 Å². The Bertz CT molecular complexity index is 791. The van der Waals surface area contributed by atoms with Crippen LogP contribution in [0.3, 0.4) is 0 Å². The van der Waals surface area contributed by atoms with Crippen molar-refractivity contribution >= 4 is 23.4 Å². The van der Waals surface area contributed by atoms with E-state index in [1.54, 1.807) is 17.0 Å². The van der Waals surface area contributed by atoms with Crippen molar-refractivity contribution < 1.29 is 9.59 Å².